The Labute approximate surface area is 128 Å². The van der Waals surface area contributed by atoms with Crippen molar-refractivity contribution >= 4 is 0 Å². The van der Waals surface area contributed by atoms with Crippen molar-refractivity contribution in [3.8, 4) is 6.07 Å². The largest absolute Gasteiger partial charge is 0.375 e. The standard InChI is InChI=1S/C17H27N3O/c1-5-17(6-2)10-15(7-8-21-17)19-12-14-9-16(11-18)20(4)13(14)3/h9,15,19H,5-8,10,12H2,1-4H3. The van der Waals surface area contributed by atoms with E-state index in [9.17, 15) is 0 Å². The van der Waals surface area contributed by atoms with Crippen molar-refractivity contribution in [3.05, 3.63) is 23.0 Å². The smallest absolute Gasteiger partial charge is 0.120 e. The maximum atomic E-state index is 9.10. The zero-order valence-corrected chi connectivity index (χ0v) is 13.7. The van der Waals surface area contributed by atoms with E-state index >= 15 is 0 Å². The van der Waals surface area contributed by atoms with Crippen LogP contribution >= 0.6 is 0 Å². The van der Waals surface area contributed by atoms with Gasteiger partial charge in [0.05, 0.1) is 5.60 Å². The third-order valence-corrected chi connectivity index (χ3v) is 5.12. The van der Waals surface area contributed by atoms with Gasteiger partial charge in [0.1, 0.15) is 11.8 Å². The third-order valence-electron chi connectivity index (χ3n) is 5.12. The second-order valence-corrected chi connectivity index (χ2v) is 6.12. The Kier molecular flexibility index (Phi) is 5.08. The summed E-state index contributed by atoms with van der Waals surface area (Å²) in [6.45, 7) is 8.18. The molecule has 0 amide bonds. The lowest BCUT2D eigenvalue weighted by molar-refractivity contribution is -0.0932. The minimum absolute atomic E-state index is 0.0550. The predicted molar refractivity (Wildman–Crippen MR) is 84.0 cm³/mol. The third kappa shape index (κ3) is 3.30. The molecule has 1 aliphatic rings. The molecule has 0 radical (unpaired) electrons. The number of hydrogen-bond acceptors (Lipinski definition) is 3. The van der Waals surface area contributed by atoms with E-state index in [2.05, 4.69) is 32.2 Å². The van der Waals surface area contributed by atoms with Gasteiger partial charge in [-0.15, -0.1) is 0 Å². The molecule has 0 aliphatic carbocycles. The molecule has 0 saturated carbocycles. The molecular weight excluding hydrogens is 262 g/mol. The molecule has 0 bridgehead atoms. The molecule has 1 aromatic rings. The van der Waals surface area contributed by atoms with E-state index in [-0.39, 0.29) is 5.60 Å². The fraction of sp³-hybridized carbons (Fsp3) is 0.706. The van der Waals surface area contributed by atoms with Crippen molar-refractivity contribution in [1.82, 2.24) is 9.88 Å². The highest BCUT2D eigenvalue weighted by atomic mass is 16.5. The molecule has 21 heavy (non-hydrogen) atoms. The summed E-state index contributed by atoms with van der Waals surface area (Å²) < 4.78 is 7.99. The molecule has 1 unspecified atom stereocenters. The second-order valence-electron chi connectivity index (χ2n) is 6.12. The van der Waals surface area contributed by atoms with Crippen molar-refractivity contribution in [2.75, 3.05) is 6.61 Å². The van der Waals surface area contributed by atoms with Crippen LogP contribution in [0.15, 0.2) is 6.07 Å². The summed E-state index contributed by atoms with van der Waals surface area (Å²) in [5, 5.41) is 12.8. The Hall–Kier alpha value is -1.31. The zero-order chi connectivity index (χ0) is 15.5. The van der Waals surface area contributed by atoms with Gasteiger partial charge < -0.3 is 14.6 Å². The highest BCUT2D eigenvalue weighted by Crippen LogP contribution is 2.31. The number of ether oxygens (including phenoxy) is 1. The molecule has 2 rings (SSSR count). The lowest BCUT2D eigenvalue weighted by atomic mass is 9.86. The molecule has 1 fully saturated rings. The molecule has 4 heteroatoms. The van der Waals surface area contributed by atoms with Crippen LogP contribution in [0, 0.1) is 18.3 Å². The number of nitrogens with zero attached hydrogens (tertiary/aromatic N) is 2. The summed E-state index contributed by atoms with van der Waals surface area (Å²) >= 11 is 0. The Bertz CT molecular complexity index is 523. The highest BCUT2D eigenvalue weighted by Gasteiger charge is 2.34. The molecule has 1 N–H and O–H groups in total. The SMILES string of the molecule is CCC1(CC)CC(NCc2cc(C#N)n(C)c2C)CCO1. The van der Waals surface area contributed by atoms with Gasteiger partial charge >= 0.3 is 0 Å². The Balaban J connectivity index is 1.99. The summed E-state index contributed by atoms with van der Waals surface area (Å²) in [5.74, 6) is 0. The van der Waals surface area contributed by atoms with E-state index in [1.54, 1.807) is 0 Å². The number of nitrogens with one attached hydrogen (secondary N) is 1. The Morgan fingerprint density at radius 1 is 1.48 bits per heavy atom. The number of hydrogen-bond donors (Lipinski definition) is 1. The van der Waals surface area contributed by atoms with Crippen molar-refractivity contribution in [3.63, 3.8) is 0 Å². The van der Waals surface area contributed by atoms with E-state index in [1.165, 1.54) is 11.3 Å². The quantitative estimate of drug-likeness (QED) is 0.906. The summed E-state index contributed by atoms with van der Waals surface area (Å²) in [5.41, 5.74) is 3.18. The maximum Gasteiger partial charge on any atom is 0.120 e. The van der Waals surface area contributed by atoms with Crippen molar-refractivity contribution in [2.24, 2.45) is 7.05 Å². The van der Waals surface area contributed by atoms with Gasteiger partial charge in [-0.2, -0.15) is 5.26 Å². The molecule has 116 valence electrons. The summed E-state index contributed by atoms with van der Waals surface area (Å²) in [4.78, 5) is 0. The molecule has 4 nitrogen and oxygen atoms in total. The molecule has 1 atom stereocenters. The van der Waals surface area contributed by atoms with Gasteiger partial charge in [-0.25, -0.2) is 0 Å². The molecule has 1 aliphatic heterocycles. The second kappa shape index (κ2) is 6.64. The topological polar surface area (TPSA) is 50.0 Å². The number of aromatic nitrogens is 1. The van der Waals surface area contributed by atoms with Gasteiger partial charge in [-0.05, 0) is 44.2 Å². The molecule has 0 spiro atoms. The minimum atomic E-state index is 0.0550. The normalized spacial score (nSPS) is 21.2. The van der Waals surface area contributed by atoms with Crippen LogP contribution in [0.1, 0.15) is 56.5 Å². The van der Waals surface area contributed by atoms with Gasteiger partial charge in [-0.1, -0.05) is 13.8 Å². The molecule has 2 heterocycles. The summed E-state index contributed by atoms with van der Waals surface area (Å²) in [6.07, 6.45) is 4.30. The first-order chi connectivity index (χ1) is 10.0. The molecule has 1 aromatic heterocycles. The fourth-order valence-electron chi connectivity index (χ4n) is 3.25. The van der Waals surface area contributed by atoms with Crippen LogP contribution in [0.2, 0.25) is 0 Å². The van der Waals surface area contributed by atoms with Gasteiger partial charge in [-0.3, -0.25) is 0 Å². The number of rotatable bonds is 5. The molecule has 0 aromatic carbocycles. The van der Waals surface area contributed by atoms with Crippen molar-refractivity contribution < 1.29 is 4.74 Å². The average molecular weight is 289 g/mol. The van der Waals surface area contributed by atoms with Gasteiger partial charge in [0.15, 0.2) is 0 Å². The fourth-order valence-corrected chi connectivity index (χ4v) is 3.25. The number of nitriles is 1. The monoisotopic (exact) mass is 289 g/mol. The first-order valence-corrected chi connectivity index (χ1v) is 7.98. The van der Waals surface area contributed by atoms with Crippen LogP contribution in [0.4, 0.5) is 0 Å². The zero-order valence-electron chi connectivity index (χ0n) is 13.7. The highest BCUT2D eigenvalue weighted by molar-refractivity contribution is 5.34. The first kappa shape index (κ1) is 16.1. The van der Waals surface area contributed by atoms with E-state index < -0.39 is 0 Å². The predicted octanol–water partition coefficient (Wildman–Crippen LogP) is 3.03. The Morgan fingerprint density at radius 2 is 2.19 bits per heavy atom. The molecular formula is C17H27N3O. The van der Waals surface area contributed by atoms with Gasteiger partial charge in [0.25, 0.3) is 0 Å². The van der Waals surface area contributed by atoms with Crippen LogP contribution in [-0.2, 0) is 18.3 Å². The van der Waals surface area contributed by atoms with Crippen LogP contribution in [0.25, 0.3) is 0 Å². The van der Waals surface area contributed by atoms with E-state index in [0.29, 0.717) is 6.04 Å². The summed E-state index contributed by atoms with van der Waals surface area (Å²) in [6, 6.07) is 4.74. The average Bonchev–Trinajstić information content (AvgIpc) is 2.80. The minimum Gasteiger partial charge on any atom is -0.375 e. The van der Waals surface area contributed by atoms with E-state index in [0.717, 1.165) is 44.5 Å². The maximum absolute atomic E-state index is 9.10. The van der Waals surface area contributed by atoms with Crippen molar-refractivity contribution in [2.45, 2.75) is 64.6 Å². The van der Waals surface area contributed by atoms with Crippen molar-refractivity contribution in [1.29, 1.82) is 5.26 Å². The van der Waals surface area contributed by atoms with Crippen LogP contribution in [-0.4, -0.2) is 22.8 Å². The first-order valence-electron chi connectivity index (χ1n) is 7.98. The lowest BCUT2D eigenvalue weighted by Gasteiger charge is -2.40. The van der Waals surface area contributed by atoms with Gasteiger partial charge in [0.2, 0.25) is 0 Å². The van der Waals surface area contributed by atoms with E-state index in [1.807, 2.05) is 17.7 Å². The Morgan fingerprint density at radius 3 is 2.76 bits per heavy atom. The van der Waals surface area contributed by atoms with Crippen LogP contribution in [0.3, 0.4) is 0 Å². The van der Waals surface area contributed by atoms with Crippen LogP contribution in [0.5, 0.6) is 0 Å². The van der Waals surface area contributed by atoms with E-state index in [4.69, 9.17) is 10.00 Å². The lowest BCUT2D eigenvalue weighted by Crippen LogP contribution is -2.46. The van der Waals surface area contributed by atoms with Gasteiger partial charge in [0, 0.05) is 31.9 Å². The summed E-state index contributed by atoms with van der Waals surface area (Å²) in [7, 11) is 1.95. The van der Waals surface area contributed by atoms with Crippen LogP contribution < -0.4 is 5.32 Å². The molecule has 1 saturated heterocycles.